The molecule has 0 aromatic carbocycles. The first kappa shape index (κ1) is 12.4. The maximum Gasteiger partial charge on any atom is 0.141 e. The molecule has 0 amide bonds. The van der Waals surface area contributed by atoms with Crippen LogP contribution in [0.1, 0.15) is 5.69 Å². The molecule has 3 N–H and O–H groups in total. The van der Waals surface area contributed by atoms with Crippen molar-refractivity contribution in [2.45, 2.75) is 0 Å². The van der Waals surface area contributed by atoms with Crippen LogP contribution >= 0.6 is 0 Å². The molecule has 1 rings (SSSR count). The van der Waals surface area contributed by atoms with Gasteiger partial charge in [0.25, 0.3) is 0 Å². The molecule has 0 fully saturated rings. The zero-order valence-corrected chi connectivity index (χ0v) is 10.1. The predicted octanol–water partition coefficient (Wildman–Crippen LogP) is 0.363. The summed E-state index contributed by atoms with van der Waals surface area (Å²) in [5.74, 6) is 0.845. The molecule has 16 heavy (non-hydrogen) atoms. The maximum absolute atomic E-state index is 7.33. The molecule has 0 aliphatic heterocycles. The van der Waals surface area contributed by atoms with E-state index in [-0.39, 0.29) is 5.84 Å². The van der Waals surface area contributed by atoms with Gasteiger partial charge in [-0.05, 0) is 26.2 Å². The van der Waals surface area contributed by atoms with Gasteiger partial charge in [-0.25, -0.2) is 4.98 Å². The van der Waals surface area contributed by atoms with Crippen molar-refractivity contribution in [3.8, 4) is 0 Å². The van der Waals surface area contributed by atoms with Crippen LogP contribution < -0.4 is 10.6 Å². The summed E-state index contributed by atoms with van der Waals surface area (Å²) in [6.45, 7) is 1.85. The van der Waals surface area contributed by atoms with Gasteiger partial charge >= 0.3 is 0 Å². The summed E-state index contributed by atoms with van der Waals surface area (Å²) in [7, 11) is 6.05. The number of anilines is 1. The fourth-order valence-electron chi connectivity index (χ4n) is 1.25. The summed E-state index contributed by atoms with van der Waals surface area (Å²) in [6.07, 6.45) is 0. The number of amidine groups is 1. The Balaban J connectivity index is 2.71. The molecular weight excluding hydrogens is 202 g/mol. The minimum Gasteiger partial charge on any atom is -0.382 e. The Bertz CT molecular complexity index is 361. The van der Waals surface area contributed by atoms with Gasteiger partial charge in [0, 0.05) is 20.1 Å². The Labute approximate surface area is 96.4 Å². The van der Waals surface area contributed by atoms with Gasteiger partial charge in [0.1, 0.15) is 17.3 Å². The van der Waals surface area contributed by atoms with Crippen molar-refractivity contribution in [1.29, 1.82) is 5.41 Å². The first-order valence-electron chi connectivity index (χ1n) is 5.18. The number of nitrogen functional groups attached to an aromatic ring is 1. The van der Waals surface area contributed by atoms with E-state index >= 15 is 0 Å². The smallest absolute Gasteiger partial charge is 0.141 e. The van der Waals surface area contributed by atoms with Crippen molar-refractivity contribution in [3.63, 3.8) is 0 Å². The van der Waals surface area contributed by atoms with Crippen LogP contribution in [0, 0.1) is 5.41 Å². The number of aromatic nitrogens is 1. The van der Waals surface area contributed by atoms with E-state index in [0.717, 1.165) is 18.9 Å². The standard InChI is InChI=1S/C11H19N5/c1-15(2)7-8-16(3)10-6-4-5-9(14-10)11(12)13/h4-6H,7-8H2,1-3H3,(H3,12,13). The minimum absolute atomic E-state index is 0.00265. The molecule has 0 bridgehead atoms. The fourth-order valence-corrected chi connectivity index (χ4v) is 1.25. The van der Waals surface area contributed by atoms with Gasteiger partial charge in [0.2, 0.25) is 0 Å². The Kier molecular flexibility index (Phi) is 4.25. The molecule has 1 aromatic rings. The second kappa shape index (κ2) is 5.46. The van der Waals surface area contributed by atoms with Gasteiger partial charge in [-0.1, -0.05) is 6.07 Å². The number of rotatable bonds is 5. The summed E-state index contributed by atoms with van der Waals surface area (Å²) < 4.78 is 0. The van der Waals surface area contributed by atoms with Crippen LogP contribution in [-0.4, -0.2) is 50.0 Å². The molecule has 0 aliphatic carbocycles. The molecule has 0 saturated heterocycles. The lowest BCUT2D eigenvalue weighted by atomic mass is 10.3. The molecule has 88 valence electrons. The van der Waals surface area contributed by atoms with Crippen molar-refractivity contribution in [2.75, 3.05) is 39.1 Å². The largest absolute Gasteiger partial charge is 0.382 e. The molecule has 1 aromatic heterocycles. The number of nitrogens with two attached hydrogens (primary N) is 1. The number of likely N-dealkylation sites (N-methyl/N-ethyl adjacent to an activating group) is 2. The Morgan fingerprint density at radius 2 is 2.00 bits per heavy atom. The van der Waals surface area contributed by atoms with E-state index in [1.54, 1.807) is 6.07 Å². The zero-order valence-electron chi connectivity index (χ0n) is 10.1. The van der Waals surface area contributed by atoms with Crippen LogP contribution in [0.3, 0.4) is 0 Å². The summed E-state index contributed by atoms with van der Waals surface area (Å²) >= 11 is 0. The van der Waals surface area contributed by atoms with Crippen LogP contribution in [0.25, 0.3) is 0 Å². The van der Waals surface area contributed by atoms with Crippen molar-refractivity contribution < 1.29 is 0 Å². The molecule has 5 nitrogen and oxygen atoms in total. The average Bonchev–Trinajstić information content (AvgIpc) is 2.26. The van der Waals surface area contributed by atoms with Gasteiger partial charge in [-0.3, -0.25) is 5.41 Å². The molecule has 0 saturated carbocycles. The molecule has 0 unspecified atom stereocenters. The molecule has 5 heteroatoms. The Morgan fingerprint density at radius 3 is 2.56 bits per heavy atom. The summed E-state index contributed by atoms with van der Waals surface area (Å²) in [4.78, 5) is 8.47. The molecule has 1 heterocycles. The van der Waals surface area contributed by atoms with Gasteiger partial charge < -0.3 is 15.5 Å². The molecule has 0 atom stereocenters. The van der Waals surface area contributed by atoms with Gasteiger partial charge in [-0.15, -0.1) is 0 Å². The number of nitrogens with zero attached hydrogens (tertiary/aromatic N) is 3. The SMILES string of the molecule is CN(C)CCN(C)c1cccc(C(=N)N)n1. The average molecular weight is 221 g/mol. The lowest BCUT2D eigenvalue weighted by Gasteiger charge is -2.20. The first-order chi connectivity index (χ1) is 7.50. The fraction of sp³-hybridized carbons (Fsp3) is 0.455. The number of nitrogens with one attached hydrogen (secondary N) is 1. The Hall–Kier alpha value is -1.62. The second-order valence-electron chi connectivity index (χ2n) is 4.02. The van der Waals surface area contributed by atoms with E-state index in [1.807, 2.05) is 38.2 Å². The lowest BCUT2D eigenvalue weighted by molar-refractivity contribution is 0.416. The highest BCUT2D eigenvalue weighted by molar-refractivity contribution is 5.93. The van der Waals surface area contributed by atoms with Gasteiger partial charge in [0.05, 0.1) is 0 Å². The van der Waals surface area contributed by atoms with Crippen LogP contribution in [0.15, 0.2) is 18.2 Å². The Morgan fingerprint density at radius 1 is 1.31 bits per heavy atom. The van der Waals surface area contributed by atoms with Gasteiger partial charge in [0.15, 0.2) is 0 Å². The van der Waals surface area contributed by atoms with E-state index in [4.69, 9.17) is 11.1 Å². The van der Waals surface area contributed by atoms with E-state index in [9.17, 15) is 0 Å². The predicted molar refractivity (Wildman–Crippen MR) is 67.1 cm³/mol. The van der Waals surface area contributed by atoms with Crippen LogP contribution in [0.4, 0.5) is 5.82 Å². The number of pyridine rings is 1. The highest BCUT2D eigenvalue weighted by Crippen LogP contribution is 2.08. The summed E-state index contributed by atoms with van der Waals surface area (Å²) in [5, 5.41) is 7.33. The topological polar surface area (TPSA) is 69.2 Å². The quantitative estimate of drug-likeness (QED) is 0.556. The lowest BCUT2D eigenvalue weighted by Crippen LogP contribution is -2.29. The van der Waals surface area contributed by atoms with Gasteiger partial charge in [-0.2, -0.15) is 0 Å². The van der Waals surface area contributed by atoms with Crippen LogP contribution in [-0.2, 0) is 0 Å². The van der Waals surface area contributed by atoms with E-state index < -0.39 is 0 Å². The maximum atomic E-state index is 7.33. The number of hydrogen-bond acceptors (Lipinski definition) is 4. The monoisotopic (exact) mass is 221 g/mol. The minimum atomic E-state index is 0.00265. The molecule has 0 radical (unpaired) electrons. The summed E-state index contributed by atoms with van der Waals surface area (Å²) in [5.41, 5.74) is 5.92. The van der Waals surface area contributed by atoms with Crippen molar-refractivity contribution in [3.05, 3.63) is 23.9 Å². The third kappa shape index (κ3) is 3.51. The number of hydrogen-bond donors (Lipinski definition) is 2. The van der Waals surface area contributed by atoms with Crippen molar-refractivity contribution in [2.24, 2.45) is 5.73 Å². The van der Waals surface area contributed by atoms with Crippen LogP contribution in [0.2, 0.25) is 0 Å². The molecule has 0 spiro atoms. The van der Waals surface area contributed by atoms with Crippen LogP contribution in [0.5, 0.6) is 0 Å². The van der Waals surface area contributed by atoms with Crippen molar-refractivity contribution in [1.82, 2.24) is 9.88 Å². The van der Waals surface area contributed by atoms with E-state index in [0.29, 0.717) is 5.69 Å². The zero-order chi connectivity index (χ0) is 12.1. The molecular formula is C11H19N5. The van der Waals surface area contributed by atoms with E-state index in [2.05, 4.69) is 9.88 Å². The van der Waals surface area contributed by atoms with Crippen molar-refractivity contribution >= 4 is 11.7 Å². The third-order valence-corrected chi connectivity index (χ3v) is 2.28. The highest BCUT2D eigenvalue weighted by atomic mass is 15.2. The summed E-state index contributed by atoms with van der Waals surface area (Å²) in [6, 6.07) is 5.53. The normalized spacial score (nSPS) is 10.5. The second-order valence-corrected chi connectivity index (χ2v) is 4.02. The van der Waals surface area contributed by atoms with E-state index in [1.165, 1.54) is 0 Å². The highest BCUT2D eigenvalue weighted by Gasteiger charge is 2.05. The first-order valence-corrected chi connectivity index (χ1v) is 5.18. The molecule has 0 aliphatic rings. The third-order valence-electron chi connectivity index (χ3n) is 2.28.